The van der Waals surface area contributed by atoms with Crippen molar-refractivity contribution in [1.82, 2.24) is 0 Å². The minimum absolute atomic E-state index is 0.0379. The van der Waals surface area contributed by atoms with Crippen LogP contribution in [-0.4, -0.2) is 38.1 Å². The molecule has 3 atom stereocenters. The first kappa shape index (κ1) is 20.4. The van der Waals surface area contributed by atoms with Gasteiger partial charge in [0.15, 0.2) is 9.84 Å². The van der Waals surface area contributed by atoms with Crippen molar-refractivity contribution in [3.63, 3.8) is 0 Å². The van der Waals surface area contributed by atoms with E-state index in [-0.39, 0.29) is 45.3 Å². The number of allylic oxidation sites excluding steroid dienone is 1. The summed E-state index contributed by atoms with van der Waals surface area (Å²) in [5, 5.41) is 0. The first-order chi connectivity index (χ1) is 12.6. The third-order valence-corrected chi connectivity index (χ3v) is 7.21. The van der Waals surface area contributed by atoms with Crippen LogP contribution in [-0.2, 0) is 14.6 Å². The highest BCUT2D eigenvalue weighted by atomic mass is 35.5. The van der Waals surface area contributed by atoms with Gasteiger partial charge in [-0.1, -0.05) is 37.0 Å². The molecule has 146 valence electrons. The van der Waals surface area contributed by atoms with Gasteiger partial charge in [0, 0.05) is 6.21 Å². The Hall–Kier alpha value is -1.37. The zero-order valence-corrected chi connectivity index (χ0v) is 17.4. The molecule has 2 fully saturated rings. The van der Waals surface area contributed by atoms with E-state index in [0.717, 1.165) is 5.56 Å². The molecule has 1 saturated carbocycles. The Balaban J connectivity index is 1.58. The molecule has 2 aliphatic rings. The monoisotopic (exact) mass is 429 g/mol. The van der Waals surface area contributed by atoms with Crippen molar-refractivity contribution in [2.45, 2.75) is 26.3 Å². The van der Waals surface area contributed by atoms with E-state index >= 15 is 0 Å². The van der Waals surface area contributed by atoms with Gasteiger partial charge >= 0.3 is 5.97 Å². The fourth-order valence-corrected chi connectivity index (χ4v) is 5.37. The van der Waals surface area contributed by atoms with Gasteiger partial charge in [-0.25, -0.2) is 8.42 Å². The van der Waals surface area contributed by atoms with Crippen molar-refractivity contribution in [3.05, 3.63) is 40.4 Å². The molecule has 1 heterocycles. The zero-order chi connectivity index (χ0) is 19.8. The van der Waals surface area contributed by atoms with Crippen molar-refractivity contribution in [2.75, 3.05) is 11.5 Å². The lowest BCUT2D eigenvalue weighted by Gasteiger charge is -2.06. The number of nitrogens with zero attached hydrogens (tertiary/aromatic N) is 1. The Morgan fingerprint density at radius 3 is 2.48 bits per heavy atom. The van der Waals surface area contributed by atoms with E-state index in [4.69, 9.17) is 27.9 Å². The number of hydrogen-bond donors (Lipinski definition) is 0. The quantitative estimate of drug-likeness (QED) is 0.405. The summed E-state index contributed by atoms with van der Waals surface area (Å²) in [5.74, 6) is 0.126. The molecule has 0 amide bonds. The van der Waals surface area contributed by atoms with Crippen LogP contribution in [0.15, 0.2) is 39.8 Å². The molecule has 0 spiro atoms. The van der Waals surface area contributed by atoms with E-state index in [1.165, 1.54) is 0 Å². The fraction of sp³-hybridized carbons (Fsp3) is 0.474. The van der Waals surface area contributed by atoms with Crippen molar-refractivity contribution in [1.29, 1.82) is 0 Å². The Bertz CT molecular complexity index is 887. The molecule has 1 aromatic rings. The highest BCUT2D eigenvalue weighted by Gasteiger charge is 2.61. The third kappa shape index (κ3) is 4.92. The first-order valence-electron chi connectivity index (χ1n) is 8.67. The molecule has 0 N–H and O–H groups in total. The number of aliphatic imine (C=N–C) groups is 1. The lowest BCUT2D eigenvalue weighted by molar-refractivity contribution is -0.136. The molecule has 0 unspecified atom stereocenters. The molecule has 27 heavy (non-hydrogen) atoms. The second-order valence-electron chi connectivity index (χ2n) is 7.61. The Labute approximate surface area is 169 Å². The van der Waals surface area contributed by atoms with Gasteiger partial charge in [0.25, 0.3) is 0 Å². The van der Waals surface area contributed by atoms with Gasteiger partial charge in [0.1, 0.15) is 10.2 Å². The van der Waals surface area contributed by atoms with E-state index in [2.05, 4.69) is 4.99 Å². The van der Waals surface area contributed by atoms with Crippen LogP contribution in [0.25, 0.3) is 0 Å². The highest BCUT2D eigenvalue weighted by Crippen LogP contribution is 2.60. The first-order valence-corrected chi connectivity index (χ1v) is 11.2. The number of rotatable bonds is 5. The Morgan fingerprint density at radius 2 is 1.93 bits per heavy atom. The molecule has 1 aliphatic carbocycles. The van der Waals surface area contributed by atoms with Gasteiger partial charge in [-0.2, -0.15) is 0 Å². The van der Waals surface area contributed by atoms with Crippen molar-refractivity contribution >= 4 is 45.2 Å². The molecular weight excluding hydrogens is 409 g/mol. The molecule has 0 bridgehead atoms. The second-order valence-corrected chi connectivity index (χ2v) is 10.8. The maximum atomic E-state index is 12.4. The summed E-state index contributed by atoms with van der Waals surface area (Å²) >= 11 is 11.4. The number of hydrogen-bond acceptors (Lipinski definition) is 5. The van der Waals surface area contributed by atoms with Crippen LogP contribution in [0, 0.1) is 17.3 Å². The summed E-state index contributed by atoms with van der Waals surface area (Å²) in [7, 11) is -2.94. The smallest absolute Gasteiger partial charge is 0.315 e. The topological polar surface area (TPSA) is 72.8 Å². The summed E-state index contributed by atoms with van der Waals surface area (Å²) in [6.07, 6.45) is 3.90. The van der Waals surface area contributed by atoms with E-state index in [0.29, 0.717) is 12.2 Å². The number of halogens is 2. The van der Waals surface area contributed by atoms with Crippen LogP contribution in [0.4, 0.5) is 0 Å². The molecule has 1 aromatic carbocycles. The Kier molecular flexibility index (Phi) is 5.71. The van der Waals surface area contributed by atoms with Crippen LogP contribution in [0.5, 0.6) is 5.75 Å². The summed E-state index contributed by atoms with van der Waals surface area (Å²) < 4.78 is 28.5. The van der Waals surface area contributed by atoms with Gasteiger partial charge in [0.2, 0.25) is 0 Å². The van der Waals surface area contributed by atoms with Crippen LogP contribution >= 0.6 is 23.2 Å². The summed E-state index contributed by atoms with van der Waals surface area (Å²) in [5.41, 5.74) is 0.584. The largest absolute Gasteiger partial charge is 0.426 e. The fourth-order valence-electron chi connectivity index (χ4n) is 3.46. The van der Waals surface area contributed by atoms with Crippen LogP contribution in [0.1, 0.15) is 25.8 Å². The molecule has 3 rings (SSSR count). The minimum atomic E-state index is -2.94. The highest BCUT2D eigenvalue weighted by molar-refractivity contribution is 7.91. The van der Waals surface area contributed by atoms with E-state index in [1.807, 2.05) is 13.8 Å². The minimum Gasteiger partial charge on any atom is -0.426 e. The molecule has 0 aromatic heterocycles. The number of sulfone groups is 1. The van der Waals surface area contributed by atoms with Crippen LogP contribution < -0.4 is 4.74 Å². The number of esters is 1. The van der Waals surface area contributed by atoms with Gasteiger partial charge in [-0.15, -0.1) is 0 Å². The molecule has 5 nitrogen and oxygen atoms in total. The molecule has 8 heteroatoms. The zero-order valence-electron chi connectivity index (χ0n) is 15.1. The van der Waals surface area contributed by atoms with Crippen LogP contribution in [0.2, 0.25) is 0 Å². The SMILES string of the molecule is CC1(C)[C@@H](C=C(Cl)Cl)[C@@H]1C(=O)Oc1ccc(C=N[C@@H]2CCS(=O)(=O)C2)cc1. The van der Waals surface area contributed by atoms with Gasteiger partial charge in [-0.05, 0) is 53.7 Å². The average Bonchev–Trinajstić information content (AvgIpc) is 2.92. The summed E-state index contributed by atoms with van der Waals surface area (Å²) in [6.45, 7) is 3.94. The predicted molar refractivity (Wildman–Crippen MR) is 107 cm³/mol. The van der Waals surface area contributed by atoms with Crippen molar-refractivity contribution < 1.29 is 17.9 Å². The number of ether oxygens (including phenoxy) is 1. The number of benzene rings is 1. The number of carbonyl (C=O) groups is 1. The van der Waals surface area contributed by atoms with Crippen LogP contribution in [0.3, 0.4) is 0 Å². The molecule has 0 radical (unpaired) electrons. The maximum absolute atomic E-state index is 12.4. The lowest BCUT2D eigenvalue weighted by atomic mass is 10.1. The second kappa shape index (κ2) is 7.57. The summed E-state index contributed by atoms with van der Waals surface area (Å²) in [6, 6.07) is 6.77. The van der Waals surface area contributed by atoms with Gasteiger partial charge in [-0.3, -0.25) is 9.79 Å². The maximum Gasteiger partial charge on any atom is 0.315 e. The van der Waals surface area contributed by atoms with Gasteiger partial charge in [0.05, 0.1) is 23.5 Å². The normalized spacial score (nSPS) is 28.1. The lowest BCUT2D eigenvalue weighted by Crippen LogP contribution is -2.13. The standard InChI is InChI=1S/C19H21Cl2NO4S/c1-19(2)15(9-16(20)21)17(19)18(23)26-14-5-3-12(4-6-14)10-22-13-7-8-27(24,25)11-13/h3-6,9-10,13,15,17H,7-8,11H2,1-2H3/t13-,15+,17-/m1/s1. The van der Waals surface area contributed by atoms with Gasteiger partial charge < -0.3 is 4.74 Å². The number of carbonyl (C=O) groups excluding carboxylic acids is 1. The average molecular weight is 430 g/mol. The molecule has 1 aliphatic heterocycles. The van der Waals surface area contributed by atoms with E-state index < -0.39 is 9.84 Å². The third-order valence-electron chi connectivity index (χ3n) is 5.21. The Morgan fingerprint density at radius 1 is 1.26 bits per heavy atom. The molecular formula is C19H21Cl2NO4S. The summed E-state index contributed by atoms with van der Waals surface area (Å²) in [4.78, 5) is 16.7. The molecule has 1 saturated heterocycles. The van der Waals surface area contributed by atoms with E-state index in [1.54, 1.807) is 36.6 Å². The predicted octanol–water partition coefficient (Wildman–Crippen LogP) is 3.79. The van der Waals surface area contributed by atoms with Crippen molar-refractivity contribution in [3.8, 4) is 5.75 Å². The van der Waals surface area contributed by atoms with E-state index in [9.17, 15) is 13.2 Å². The van der Waals surface area contributed by atoms with Crippen molar-refractivity contribution in [2.24, 2.45) is 22.2 Å².